The molecule has 21 heavy (non-hydrogen) atoms. The first-order valence-corrected chi connectivity index (χ1v) is 7.80. The Kier molecular flexibility index (Phi) is 4.52. The van der Waals surface area contributed by atoms with Gasteiger partial charge in [0.1, 0.15) is 6.33 Å². The number of benzene rings is 1. The minimum atomic E-state index is -0.0676. The molecule has 1 fully saturated rings. The van der Waals surface area contributed by atoms with Crippen LogP contribution in [0.1, 0.15) is 19.3 Å². The number of nitrogens with one attached hydrogen (secondary N) is 3. The van der Waals surface area contributed by atoms with Crippen molar-refractivity contribution in [2.24, 2.45) is 0 Å². The molecule has 0 spiro atoms. The molecule has 0 saturated carbocycles. The van der Waals surface area contributed by atoms with Gasteiger partial charge in [0.05, 0.1) is 6.04 Å². The molecule has 2 aromatic rings. The Hall–Kier alpha value is -1.86. The van der Waals surface area contributed by atoms with Gasteiger partial charge in [-0.1, -0.05) is 18.2 Å². The highest BCUT2D eigenvalue weighted by molar-refractivity contribution is 7.99. The van der Waals surface area contributed by atoms with E-state index in [2.05, 4.69) is 25.8 Å². The summed E-state index contributed by atoms with van der Waals surface area (Å²) in [6.07, 6.45) is 4.65. The summed E-state index contributed by atoms with van der Waals surface area (Å²) in [6.45, 7) is 0.921. The number of rotatable bonds is 4. The van der Waals surface area contributed by atoms with E-state index >= 15 is 0 Å². The summed E-state index contributed by atoms with van der Waals surface area (Å²) in [5, 5.41) is 13.5. The summed E-state index contributed by atoms with van der Waals surface area (Å²) in [6, 6.07) is 7.65. The molecule has 1 atom stereocenters. The van der Waals surface area contributed by atoms with E-state index in [0.717, 1.165) is 41.5 Å². The van der Waals surface area contributed by atoms with E-state index in [4.69, 9.17) is 0 Å². The van der Waals surface area contributed by atoms with E-state index in [1.54, 1.807) is 0 Å². The van der Waals surface area contributed by atoms with Crippen LogP contribution in [-0.2, 0) is 4.79 Å². The summed E-state index contributed by atoms with van der Waals surface area (Å²) in [7, 11) is 0. The molecule has 2 heterocycles. The smallest absolute Gasteiger partial charge is 0.241 e. The number of hydrogen-bond donors (Lipinski definition) is 3. The molecule has 3 rings (SSSR count). The highest BCUT2D eigenvalue weighted by Crippen LogP contribution is 2.25. The van der Waals surface area contributed by atoms with Gasteiger partial charge in [0.2, 0.25) is 5.91 Å². The number of carbonyl (C=O) groups is 1. The minimum Gasteiger partial charge on any atom is -0.325 e. The summed E-state index contributed by atoms with van der Waals surface area (Å²) in [4.78, 5) is 17.2. The number of H-pyrrole nitrogens is 1. The van der Waals surface area contributed by atoms with Crippen molar-refractivity contribution in [3.63, 3.8) is 0 Å². The maximum atomic E-state index is 12.1. The Morgan fingerprint density at radius 3 is 2.81 bits per heavy atom. The van der Waals surface area contributed by atoms with Crippen LogP contribution in [0.5, 0.6) is 0 Å². The van der Waals surface area contributed by atoms with E-state index in [1.807, 2.05) is 24.3 Å². The molecule has 0 aliphatic carbocycles. The molecule has 6 nitrogen and oxygen atoms in total. The molecule has 1 aliphatic rings. The van der Waals surface area contributed by atoms with E-state index in [-0.39, 0.29) is 11.9 Å². The molecule has 1 saturated heterocycles. The molecule has 0 unspecified atom stereocenters. The lowest BCUT2D eigenvalue weighted by Gasteiger charge is -2.22. The van der Waals surface area contributed by atoms with Gasteiger partial charge in [-0.05, 0) is 43.7 Å². The van der Waals surface area contributed by atoms with Crippen molar-refractivity contribution >= 4 is 23.4 Å². The molecule has 0 bridgehead atoms. The van der Waals surface area contributed by atoms with Crippen LogP contribution in [-0.4, -0.2) is 33.7 Å². The quantitative estimate of drug-likeness (QED) is 0.805. The Labute approximate surface area is 127 Å². The molecule has 1 aromatic carbocycles. The van der Waals surface area contributed by atoms with Gasteiger partial charge in [-0.2, -0.15) is 5.10 Å². The maximum Gasteiger partial charge on any atom is 0.241 e. The van der Waals surface area contributed by atoms with Gasteiger partial charge in [-0.25, -0.2) is 4.98 Å². The highest BCUT2D eigenvalue weighted by Gasteiger charge is 2.20. The lowest BCUT2D eigenvalue weighted by atomic mass is 10.0. The van der Waals surface area contributed by atoms with Crippen LogP contribution in [0, 0.1) is 0 Å². The molecule has 7 heteroatoms. The van der Waals surface area contributed by atoms with Gasteiger partial charge in [0, 0.05) is 10.6 Å². The largest absolute Gasteiger partial charge is 0.325 e. The number of piperidine rings is 1. The van der Waals surface area contributed by atoms with Crippen molar-refractivity contribution < 1.29 is 4.79 Å². The SMILES string of the molecule is O=C(Nc1ccc(Sc2ncn[nH]2)cc1)[C@@H]1CCCCN1. The van der Waals surface area contributed by atoms with Gasteiger partial charge in [-0.3, -0.25) is 9.89 Å². The number of anilines is 1. The van der Waals surface area contributed by atoms with Crippen molar-refractivity contribution in [1.82, 2.24) is 20.5 Å². The monoisotopic (exact) mass is 303 g/mol. The molecule has 110 valence electrons. The number of nitrogens with zero attached hydrogens (tertiary/aromatic N) is 2. The normalized spacial score (nSPS) is 18.4. The fourth-order valence-corrected chi connectivity index (χ4v) is 2.96. The van der Waals surface area contributed by atoms with Crippen LogP contribution >= 0.6 is 11.8 Å². The van der Waals surface area contributed by atoms with Crippen molar-refractivity contribution in [2.45, 2.75) is 35.4 Å². The van der Waals surface area contributed by atoms with Crippen molar-refractivity contribution in [1.29, 1.82) is 0 Å². The van der Waals surface area contributed by atoms with Gasteiger partial charge in [0.25, 0.3) is 0 Å². The number of aromatic amines is 1. The Bertz CT molecular complexity index is 578. The topological polar surface area (TPSA) is 82.7 Å². The number of amides is 1. The average Bonchev–Trinajstić information content (AvgIpc) is 3.03. The van der Waals surface area contributed by atoms with Gasteiger partial charge in [-0.15, -0.1) is 0 Å². The lowest BCUT2D eigenvalue weighted by molar-refractivity contribution is -0.118. The molecule has 1 aromatic heterocycles. The molecular weight excluding hydrogens is 286 g/mol. The summed E-state index contributed by atoms with van der Waals surface area (Å²) < 4.78 is 0. The van der Waals surface area contributed by atoms with Gasteiger partial charge >= 0.3 is 0 Å². The van der Waals surface area contributed by atoms with Crippen molar-refractivity contribution in [3.8, 4) is 0 Å². The van der Waals surface area contributed by atoms with E-state index in [1.165, 1.54) is 18.1 Å². The molecular formula is C14H17N5OS. The summed E-state index contributed by atoms with van der Waals surface area (Å²) >= 11 is 1.50. The van der Waals surface area contributed by atoms with Crippen LogP contribution in [0.25, 0.3) is 0 Å². The number of hydrogen-bond acceptors (Lipinski definition) is 5. The Morgan fingerprint density at radius 2 is 2.14 bits per heavy atom. The zero-order chi connectivity index (χ0) is 14.5. The first-order chi connectivity index (χ1) is 10.3. The van der Waals surface area contributed by atoms with Crippen LogP contribution in [0.4, 0.5) is 5.69 Å². The Balaban J connectivity index is 1.57. The summed E-state index contributed by atoms with van der Waals surface area (Å²) in [5.74, 6) is 0.0466. The van der Waals surface area contributed by atoms with Crippen LogP contribution in [0.3, 0.4) is 0 Å². The van der Waals surface area contributed by atoms with Crippen LogP contribution in [0.2, 0.25) is 0 Å². The average molecular weight is 303 g/mol. The van der Waals surface area contributed by atoms with Crippen LogP contribution < -0.4 is 10.6 Å². The second-order valence-corrected chi connectivity index (χ2v) is 5.97. The molecule has 1 aliphatic heterocycles. The third-order valence-electron chi connectivity index (χ3n) is 3.36. The van der Waals surface area contributed by atoms with Crippen LogP contribution in [0.15, 0.2) is 40.6 Å². The third kappa shape index (κ3) is 3.83. The fourth-order valence-electron chi connectivity index (χ4n) is 2.27. The number of carbonyl (C=O) groups excluding carboxylic acids is 1. The third-order valence-corrected chi connectivity index (χ3v) is 4.25. The second-order valence-electron chi connectivity index (χ2n) is 4.91. The molecule has 1 amide bonds. The van der Waals surface area contributed by atoms with Crippen molar-refractivity contribution in [2.75, 3.05) is 11.9 Å². The lowest BCUT2D eigenvalue weighted by Crippen LogP contribution is -2.43. The standard InChI is InChI=1S/C14H17N5OS/c20-13(12-3-1-2-8-15-12)18-10-4-6-11(7-5-10)21-14-16-9-17-19-14/h4-7,9,12,15H,1-3,8H2,(H,18,20)(H,16,17,19)/t12-/m0/s1. The van der Waals surface area contributed by atoms with Gasteiger partial charge < -0.3 is 10.6 Å². The first kappa shape index (κ1) is 14.1. The predicted octanol–water partition coefficient (Wildman–Crippen LogP) is 2.04. The van der Waals surface area contributed by atoms with Gasteiger partial charge in [0.15, 0.2) is 5.16 Å². The zero-order valence-corrected chi connectivity index (χ0v) is 12.3. The predicted molar refractivity (Wildman–Crippen MR) is 81.2 cm³/mol. The fraction of sp³-hybridized carbons (Fsp3) is 0.357. The number of aromatic nitrogens is 3. The Morgan fingerprint density at radius 1 is 1.29 bits per heavy atom. The highest BCUT2D eigenvalue weighted by atomic mass is 32.2. The zero-order valence-electron chi connectivity index (χ0n) is 11.5. The minimum absolute atomic E-state index is 0.0466. The van der Waals surface area contributed by atoms with E-state index in [9.17, 15) is 4.79 Å². The second kappa shape index (κ2) is 6.73. The maximum absolute atomic E-state index is 12.1. The van der Waals surface area contributed by atoms with E-state index in [0.29, 0.717) is 0 Å². The summed E-state index contributed by atoms with van der Waals surface area (Å²) in [5.41, 5.74) is 0.814. The van der Waals surface area contributed by atoms with Crippen molar-refractivity contribution in [3.05, 3.63) is 30.6 Å². The van der Waals surface area contributed by atoms with E-state index < -0.39 is 0 Å². The molecule has 3 N–H and O–H groups in total. The first-order valence-electron chi connectivity index (χ1n) is 6.99. The molecule has 0 radical (unpaired) electrons.